The van der Waals surface area contributed by atoms with Gasteiger partial charge in [0.15, 0.2) is 0 Å². The summed E-state index contributed by atoms with van der Waals surface area (Å²) in [7, 11) is -0.735. The molecule has 0 aliphatic rings. The van der Waals surface area contributed by atoms with Crippen LogP contribution in [0.25, 0.3) is 0 Å². The number of nitrogens with two attached hydrogens (primary N) is 1. The average Bonchev–Trinajstić information content (AvgIpc) is 2.16. The first-order valence-corrected chi connectivity index (χ1v) is 7.53. The van der Waals surface area contributed by atoms with Crippen molar-refractivity contribution in [2.75, 3.05) is 5.75 Å². The molecule has 3 unspecified atom stereocenters. The van der Waals surface area contributed by atoms with Gasteiger partial charge in [-0.05, 0) is 25.2 Å². The maximum Gasteiger partial charge on any atom is 0.0496 e. The second-order valence-electron chi connectivity index (χ2n) is 4.67. The predicted molar refractivity (Wildman–Crippen MR) is 69.4 cm³/mol. The van der Waals surface area contributed by atoms with Gasteiger partial charge in [-0.15, -0.1) is 0 Å². The molecule has 0 aromatic carbocycles. The van der Waals surface area contributed by atoms with Gasteiger partial charge in [0, 0.05) is 27.8 Å². The van der Waals surface area contributed by atoms with E-state index in [0.29, 0.717) is 5.92 Å². The van der Waals surface area contributed by atoms with Crippen LogP contribution in [-0.2, 0) is 10.8 Å². The highest BCUT2D eigenvalue weighted by Gasteiger charge is 2.21. The van der Waals surface area contributed by atoms with E-state index in [-0.39, 0.29) is 11.3 Å². The third kappa shape index (κ3) is 6.31. The van der Waals surface area contributed by atoms with Crippen LogP contribution in [0.15, 0.2) is 0 Å². The first kappa shape index (κ1) is 15.1. The fourth-order valence-electron chi connectivity index (χ4n) is 1.71. The van der Waals surface area contributed by atoms with E-state index in [1.54, 1.807) is 0 Å². The van der Waals surface area contributed by atoms with Crippen molar-refractivity contribution >= 4 is 10.8 Å². The molecule has 0 bridgehead atoms. The molecule has 0 spiro atoms. The van der Waals surface area contributed by atoms with E-state index in [1.807, 2.05) is 0 Å². The molecular formula is C12H27NOS. The Morgan fingerprint density at radius 1 is 1.20 bits per heavy atom. The molecule has 0 heterocycles. The molecule has 0 saturated heterocycles. The zero-order valence-corrected chi connectivity index (χ0v) is 11.5. The van der Waals surface area contributed by atoms with Crippen molar-refractivity contribution in [3.05, 3.63) is 0 Å². The third-order valence-electron chi connectivity index (χ3n) is 2.74. The summed E-state index contributed by atoms with van der Waals surface area (Å²) in [5.74, 6) is 1.45. The van der Waals surface area contributed by atoms with E-state index < -0.39 is 10.8 Å². The van der Waals surface area contributed by atoms with Gasteiger partial charge in [0.05, 0.1) is 0 Å². The molecule has 3 atom stereocenters. The van der Waals surface area contributed by atoms with Crippen molar-refractivity contribution in [1.82, 2.24) is 0 Å². The van der Waals surface area contributed by atoms with Gasteiger partial charge in [-0.25, -0.2) is 0 Å². The Morgan fingerprint density at radius 3 is 2.20 bits per heavy atom. The quantitative estimate of drug-likeness (QED) is 0.700. The highest BCUT2D eigenvalue weighted by molar-refractivity contribution is 7.85. The van der Waals surface area contributed by atoms with Gasteiger partial charge in [-0.2, -0.15) is 0 Å². The van der Waals surface area contributed by atoms with E-state index in [4.69, 9.17) is 5.73 Å². The minimum Gasteiger partial charge on any atom is -0.327 e. The second-order valence-corrected chi connectivity index (χ2v) is 6.44. The van der Waals surface area contributed by atoms with Crippen LogP contribution in [0.2, 0.25) is 0 Å². The normalized spacial score (nSPS) is 17.7. The maximum absolute atomic E-state index is 12.0. The lowest BCUT2D eigenvalue weighted by atomic mass is 10.1. The Hall–Kier alpha value is 0.110. The summed E-state index contributed by atoms with van der Waals surface area (Å²) in [6.07, 6.45) is 4.05. The fourth-order valence-corrected chi connectivity index (χ4v) is 3.61. The molecule has 0 amide bonds. The molecule has 92 valence electrons. The first-order chi connectivity index (χ1) is 7.02. The second kappa shape index (κ2) is 8.28. The van der Waals surface area contributed by atoms with Crippen LogP contribution in [0.1, 0.15) is 53.4 Å². The van der Waals surface area contributed by atoms with Crippen molar-refractivity contribution in [3.8, 4) is 0 Å². The summed E-state index contributed by atoms with van der Waals surface area (Å²) < 4.78 is 12.0. The highest BCUT2D eigenvalue weighted by atomic mass is 32.2. The Kier molecular flexibility index (Phi) is 8.34. The van der Waals surface area contributed by atoms with Gasteiger partial charge in [0.25, 0.3) is 0 Å². The van der Waals surface area contributed by atoms with Gasteiger partial charge in [-0.3, -0.25) is 4.21 Å². The molecule has 15 heavy (non-hydrogen) atoms. The van der Waals surface area contributed by atoms with Gasteiger partial charge >= 0.3 is 0 Å². The maximum atomic E-state index is 12.0. The van der Waals surface area contributed by atoms with Crippen LogP contribution < -0.4 is 5.73 Å². The molecule has 0 rings (SSSR count). The Labute approximate surface area is 97.5 Å². The third-order valence-corrected chi connectivity index (χ3v) is 4.73. The van der Waals surface area contributed by atoms with Crippen molar-refractivity contribution in [1.29, 1.82) is 0 Å². The summed E-state index contributed by atoms with van der Waals surface area (Å²) in [6.45, 7) is 8.56. The van der Waals surface area contributed by atoms with Crippen molar-refractivity contribution in [2.24, 2.45) is 11.7 Å². The smallest absolute Gasteiger partial charge is 0.0496 e. The monoisotopic (exact) mass is 233 g/mol. The van der Waals surface area contributed by atoms with Gasteiger partial charge in [0.1, 0.15) is 0 Å². The standard InChI is InChI=1S/C12H27NOS/c1-5-7-11(13)12(6-2)15(14)9-8-10(3)4/h10-12H,5-9,13H2,1-4H3. The first-order valence-electron chi connectivity index (χ1n) is 6.15. The van der Waals surface area contributed by atoms with Crippen LogP contribution in [-0.4, -0.2) is 21.3 Å². The molecule has 0 aromatic rings. The topological polar surface area (TPSA) is 43.1 Å². The summed E-state index contributed by atoms with van der Waals surface area (Å²) in [5.41, 5.74) is 6.05. The summed E-state index contributed by atoms with van der Waals surface area (Å²) in [5, 5.41) is 0.198. The predicted octanol–water partition coefficient (Wildman–Crippen LogP) is 2.69. The Balaban J connectivity index is 4.09. The average molecular weight is 233 g/mol. The molecule has 2 nitrogen and oxygen atoms in total. The van der Waals surface area contributed by atoms with Crippen LogP contribution in [0.4, 0.5) is 0 Å². The molecular weight excluding hydrogens is 206 g/mol. The lowest BCUT2D eigenvalue weighted by Crippen LogP contribution is -2.38. The van der Waals surface area contributed by atoms with Crippen LogP contribution in [0, 0.1) is 5.92 Å². The van der Waals surface area contributed by atoms with E-state index in [9.17, 15) is 4.21 Å². The van der Waals surface area contributed by atoms with Crippen molar-refractivity contribution < 1.29 is 4.21 Å². The molecule has 0 aromatic heterocycles. The minimum absolute atomic E-state index is 0.119. The molecule has 0 aliphatic heterocycles. The van der Waals surface area contributed by atoms with E-state index in [2.05, 4.69) is 27.7 Å². The Morgan fingerprint density at radius 2 is 1.80 bits per heavy atom. The SMILES string of the molecule is CCCC(N)C(CC)S(=O)CCC(C)C. The van der Waals surface area contributed by atoms with Gasteiger partial charge in [-0.1, -0.05) is 34.1 Å². The molecule has 0 fully saturated rings. The Bertz CT molecular complexity index is 182. The fraction of sp³-hybridized carbons (Fsp3) is 1.00. The molecule has 3 heteroatoms. The number of hydrogen-bond donors (Lipinski definition) is 1. The lowest BCUT2D eigenvalue weighted by Gasteiger charge is -2.22. The van der Waals surface area contributed by atoms with Crippen molar-refractivity contribution in [3.63, 3.8) is 0 Å². The molecule has 0 aliphatic carbocycles. The molecule has 0 radical (unpaired) electrons. The van der Waals surface area contributed by atoms with Crippen LogP contribution in [0.3, 0.4) is 0 Å². The molecule has 0 saturated carbocycles. The zero-order valence-electron chi connectivity index (χ0n) is 10.7. The lowest BCUT2D eigenvalue weighted by molar-refractivity contribution is 0.545. The highest BCUT2D eigenvalue weighted by Crippen LogP contribution is 2.13. The van der Waals surface area contributed by atoms with E-state index in [0.717, 1.165) is 31.4 Å². The summed E-state index contributed by atoms with van der Waals surface area (Å²) >= 11 is 0. The van der Waals surface area contributed by atoms with Crippen molar-refractivity contribution in [2.45, 2.75) is 64.7 Å². The van der Waals surface area contributed by atoms with Gasteiger partial charge in [0.2, 0.25) is 0 Å². The zero-order chi connectivity index (χ0) is 11.8. The molecule has 2 N–H and O–H groups in total. The minimum atomic E-state index is -0.735. The number of hydrogen-bond acceptors (Lipinski definition) is 2. The van der Waals surface area contributed by atoms with Gasteiger partial charge < -0.3 is 5.73 Å². The largest absolute Gasteiger partial charge is 0.327 e. The van der Waals surface area contributed by atoms with Crippen LogP contribution >= 0.6 is 0 Å². The van der Waals surface area contributed by atoms with E-state index >= 15 is 0 Å². The summed E-state index contributed by atoms with van der Waals surface area (Å²) in [4.78, 5) is 0. The van der Waals surface area contributed by atoms with E-state index in [1.165, 1.54) is 0 Å². The van der Waals surface area contributed by atoms with Crippen LogP contribution in [0.5, 0.6) is 0 Å². The number of rotatable bonds is 8. The summed E-state index contributed by atoms with van der Waals surface area (Å²) in [6, 6.07) is 0.119.